The molecule has 0 amide bonds. The van der Waals surface area contributed by atoms with Gasteiger partial charge in [0, 0.05) is 23.9 Å². The Bertz CT molecular complexity index is 979. The normalized spacial score (nSPS) is 10.5. The molecule has 0 bridgehead atoms. The van der Waals surface area contributed by atoms with Crippen molar-refractivity contribution in [3.63, 3.8) is 0 Å². The molecule has 0 saturated carbocycles. The van der Waals surface area contributed by atoms with E-state index in [1.54, 1.807) is 24.4 Å². The lowest BCUT2D eigenvalue weighted by Gasteiger charge is -2.17. The molecule has 2 aromatic heterocycles. The molecule has 7 nitrogen and oxygen atoms in total. The second-order valence-corrected chi connectivity index (χ2v) is 5.86. The first-order valence-electron chi connectivity index (χ1n) is 7.42. The van der Waals surface area contributed by atoms with Crippen LogP contribution in [0.25, 0.3) is 11.3 Å². The fraction of sp³-hybridized carbons (Fsp3) is 0.118. The average molecular weight is 393 g/mol. The van der Waals surface area contributed by atoms with Gasteiger partial charge in [-0.15, -0.1) is 0 Å². The first-order chi connectivity index (χ1) is 12.5. The van der Waals surface area contributed by atoms with Crippen LogP contribution in [-0.4, -0.2) is 29.2 Å². The van der Waals surface area contributed by atoms with E-state index < -0.39 is 0 Å². The van der Waals surface area contributed by atoms with Crippen molar-refractivity contribution < 1.29 is 9.47 Å². The van der Waals surface area contributed by atoms with Crippen molar-refractivity contribution in [3.8, 4) is 22.8 Å². The molecule has 0 saturated heterocycles. The molecular formula is C17H14Cl2N4O3. The van der Waals surface area contributed by atoms with Gasteiger partial charge in [0.1, 0.15) is 27.4 Å². The summed E-state index contributed by atoms with van der Waals surface area (Å²) in [7, 11) is 2.98. The Labute approximate surface area is 158 Å². The van der Waals surface area contributed by atoms with Gasteiger partial charge in [-0.05, 0) is 12.1 Å². The minimum Gasteiger partial charge on any atom is -0.495 e. The van der Waals surface area contributed by atoms with Crippen molar-refractivity contribution >= 4 is 34.7 Å². The molecule has 0 unspecified atom stereocenters. The molecular weight excluding hydrogens is 379 g/mol. The van der Waals surface area contributed by atoms with Gasteiger partial charge in [-0.3, -0.25) is 4.79 Å². The zero-order valence-electron chi connectivity index (χ0n) is 13.8. The van der Waals surface area contributed by atoms with Crippen LogP contribution < -0.4 is 20.3 Å². The van der Waals surface area contributed by atoms with Gasteiger partial charge in [0.2, 0.25) is 0 Å². The van der Waals surface area contributed by atoms with E-state index in [4.69, 9.17) is 32.7 Å². The standard InChI is InChI=1S/C17H14Cl2N4O3/c1-25-11-7-12(26-2)15(19)16(14(11)18)23-17-9(4-3-5-20-17)10-6-13(24)22-8-21-10/h3-8H,1-2H3,(H,20,23)(H,21,22,24). The molecule has 9 heteroatoms. The Hall–Kier alpha value is -2.77. The van der Waals surface area contributed by atoms with Crippen LogP contribution in [0.2, 0.25) is 10.0 Å². The molecule has 0 aliphatic rings. The zero-order valence-corrected chi connectivity index (χ0v) is 15.4. The van der Waals surface area contributed by atoms with Gasteiger partial charge in [-0.25, -0.2) is 9.97 Å². The minimum absolute atomic E-state index is 0.272. The van der Waals surface area contributed by atoms with Crippen LogP contribution in [0.3, 0.4) is 0 Å². The summed E-state index contributed by atoms with van der Waals surface area (Å²) in [5.41, 5.74) is 1.15. The fourth-order valence-electron chi connectivity index (χ4n) is 2.34. The maximum atomic E-state index is 11.6. The van der Waals surface area contributed by atoms with Gasteiger partial charge in [0.05, 0.1) is 31.9 Å². The highest BCUT2D eigenvalue weighted by atomic mass is 35.5. The molecule has 0 aliphatic carbocycles. The Morgan fingerprint density at radius 1 is 1.08 bits per heavy atom. The van der Waals surface area contributed by atoms with Crippen LogP contribution >= 0.6 is 23.2 Å². The molecule has 134 valence electrons. The number of rotatable bonds is 5. The Morgan fingerprint density at radius 3 is 2.38 bits per heavy atom. The molecule has 2 heterocycles. The summed E-state index contributed by atoms with van der Waals surface area (Å²) in [5, 5.41) is 3.63. The minimum atomic E-state index is -0.274. The number of anilines is 2. The molecule has 0 spiro atoms. The summed E-state index contributed by atoms with van der Waals surface area (Å²) >= 11 is 12.8. The molecule has 26 heavy (non-hydrogen) atoms. The number of pyridine rings is 1. The number of nitrogens with one attached hydrogen (secondary N) is 2. The Balaban J connectivity index is 2.13. The maximum Gasteiger partial charge on any atom is 0.251 e. The van der Waals surface area contributed by atoms with Crippen LogP contribution in [0.1, 0.15) is 0 Å². The highest BCUT2D eigenvalue weighted by Gasteiger charge is 2.19. The SMILES string of the molecule is COc1cc(OC)c(Cl)c(Nc2ncccc2-c2cc(=O)[nH]cn2)c1Cl. The molecule has 0 fully saturated rings. The lowest BCUT2D eigenvalue weighted by Crippen LogP contribution is -2.06. The number of aromatic amines is 1. The predicted octanol–water partition coefficient (Wildman–Crippen LogP) is 3.90. The van der Waals surface area contributed by atoms with E-state index in [9.17, 15) is 4.79 Å². The number of aromatic nitrogens is 3. The zero-order chi connectivity index (χ0) is 18.7. The van der Waals surface area contributed by atoms with E-state index in [1.807, 2.05) is 0 Å². The lowest BCUT2D eigenvalue weighted by molar-refractivity contribution is 0.395. The van der Waals surface area contributed by atoms with E-state index in [-0.39, 0.29) is 15.6 Å². The predicted molar refractivity (Wildman–Crippen MR) is 101 cm³/mol. The van der Waals surface area contributed by atoms with Crippen molar-refractivity contribution in [1.82, 2.24) is 15.0 Å². The number of ether oxygens (including phenoxy) is 2. The molecule has 0 atom stereocenters. The number of nitrogens with zero attached hydrogens (tertiary/aromatic N) is 2. The van der Waals surface area contributed by atoms with Gasteiger partial charge in [-0.2, -0.15) is 0 Å². The fourth-order valence-corrected chi connectivity index (χ4v) is 2.94. The molecule has 0 radical (unpaired) electrons. The highest BCUT2D eigenvalue weighted by molar-refractivity contribution is 6.41. The van der Waals surface area contributed by atoms with E-state index in [1.165, 1.54) is 26.6 Å². The summed E-state index contributed by atoms with van der Waals surface area (Å²) in [5.74, 6) is 1.20. The van der Waals surface area contributed by atoms with Crippen molar-refractivity contribution in [2.45, 2.75) is 0 Å². The van der Waals surface area contributed by atoms with Crippen LogP contribution in [0.15, 0.2) is 41.6 Å². The second kappa shape index (κ2) is 7.63. The topological polar surface area (TPSA) is 89.1 Å². The summed E-state index contributed by atoms with van der Waals surface area (Å²) in [4.78, 5) is 22.6. The van der Waals surface area contributed by atoms with E-state index >= 15 is 0 Å². The summed E-state index contributed by atoms with van der Waals surface area (Å²) < 4.78 is 10.5. The number of H-pyrrole nitrogens is 1. The molecule has 2 N–H and O–H groups in total. The molecule has 1 aromatic carbocycles. The Kier molecular flexibility index (Phi) is 5.29. The monoisotopic (exact) mass is 392 g/mol. The maximum absolute atomic E-state index is 11.6. The van der Waals surface area contributed by atoms with Gasteiger partial charge >= 0.3 is 0 Å². The molecule has 3 aromatic rings. The van der Waals surface area contributed by atoms with Crippen LogP contribution in [-0.2, 0) is 0 Å². The first kappa shape index (κ1) is 18.0. The van der Waals surface area contributed by atoms with Gasteiger partial charge in [0.15, 0.2) is 0 Å². The second-order valence-electron chi connectivity index (χ2n) is 5.10. The summed E-state index contributed by atoms with van der Waals surface area (Å²) in [6, 6.07) is 6.47. The first-order valence-corrected chi connectivity index (χ1v) is 8.18. The van der Waals surface area contributed by atoms with Crippen molar-refractivity contribution in [3.05, 3.63) is 57.2 Å². The third-order valence-corrected chi connectivity index (χ3v) is 4.33. The van der Waals surface area contributed by atoms with Crippen LogP contribution in [0, 0.1) is 0 Å². The third kappa shape index (κ3) is 3.44. The van der Waals surface area contributed by atoms with Crippen LogP contribution in [0.4, 0.5) is 11.5 Å². The number of methoxy groups -OCH3 is 2. The summed E-state index contributed by atoms with van der Waals surface area (Å²) in [6.45, 7) is 0. The highest BCUT2D eigenvalue weighted by Crippen LogP contribution is 2.45. The summed E-state index contributed by atoms with van der Waals surface area (Å²) in [6.07, 6.45) is 2.92. The smallest absolute Gasteiger partial charge is 0.251 e. The Morgan fingerprint density at radius 2 is 1.77 bits per heavy atom. The average Bonchev–Trinajstić information content (AvgIpc) is 2.66. The van der Waals surface area contributed by atoms with Gasteiger partial charge < -0.3 is 19.8 Å². The van der Waals surface area contributed by atoms with E-state index in [0.717, 1.165) is 0 Å². The van der Waals surface area contributed by atoms with Crippen molar-refractivity contribution in [2.75, 3.05) is 19.5 Å². The largest absolute Gasteiger partial charge is 0.495 e. The van der Waals surface area contributed by atoms with Crippen molar-refractivity contribution in [2.24, 2.45) is 0 Å². The number of hydrogen-bond acceptors (Lipinski definition) is 6. The van der Waals surface area contributed by atoms with E-state index in [0.29, 0.717) is 34.3 Å². The molecule has 3 rings (SSSR count). The number of benzene rings is 1. The number of halogens is 2. The molecule has 0 aliphatic heterocycles. The third-order valence-electron chi connectivity index (χ3n) is 3.58. The van der Waals surface area contributed by atoms with Gasteiger partial charge in [-0.1, -0.05) is 23.2 Å². The quantitative estimate of drug-likeness (QED) is 0.684. The van der Waals surface area contributed by atoms with E-state index in [2.05, 4.69) is 20.3 Å². The number of hydrogen-bond donors (Lipinski definition) is 2. The van der Waals surface area contributed by atoms with Gasteiger partial charge in [0.25, 0.3) is 5.56 Å². The van der Waals surface area contributed by atoms with Crippen molar-refractivity contribution in [1.29, 1.82) is 0 Å². The lowest BCUT2D eigenvalue weighted by atomic mass is 10.1. The van der Waals surface area contributed by atoms with Crippen LogP contribution in [0.5, 0.6) is 11.5 Å².